The van der Waals surface area contributed by atoms with E-state index in [4.69, 9.17) is 10.5 Å². The highest BCUT2D eigenvalue weighted by molar-refractivity contribution is 9.10. The summed E-state index contributed by atoms with van der Waals surface area (Å²) in [5, 5.41) is -0.372. The van der Waals surface area contributed by atoms with E-state index in [1.54, 1.807) is 26.0 Å². The second-order valence-corrected chi connectivity index (χ2v) is 14.1. The normalized spacial score (nSPS) is 16.0. The van der Waals surface area contributed by atoms with Crippen LogP contribution >= 0.6 is 15.9 Å². The predicted molar refractivity (Wildman–Crippen MR) is 137 cm³/mol. The lowest BCUT2D eigenvalue weighted by atomic mass is 9.72. The number of sulfone groups is 1. The number of aromatic nitrogens is 1. The quantitative estimate of drug-likeness (QED) is 0.434. The van der Waals surface area contributed by atoms with Gasteiger partial charge in [0, 0.05) is 16.5 Å². The first-order valence-corrected chi connectivity index (χ1v) is 13.7. The Labute approximate surface area is 219 Å². The summed E-state index contributed by atoms with van der Waals surface area (Å²) >= 11 is 3.42. The highest BCUT2D eigenvalue weighted by atomic mass is 79.9. The van der Waals surface area contributed by atoms with Crippen molar-refractivity contribution in [1.29, 1.82) is 0 Å². The molecule has 194 valence electrons. The van der Waals surface area contributed by atoms with E-state index in [0.717, 1.165) is 6.07 Å². The molecule has 2 atom stereocenters. The number of pyridine rings is 1. The molecule has 0 aliphatic heterocycles. The van der Waals surface area contributed by atoms with Gasteiger partial charge in [-0.3, -0.25) is 0 Å². The first-order chi connectivity index (χ1) is 16.5. The molecule has 0 radical (unpaired) electrons. The van der Waals surface area contributed by atoms with Gasteiger partial charge in [0.1, 0.15) is 22.1 Å². The molecule has 10 heteroatoms. The maximum Gasteiger partial charge on any atom is 0.405 e. The lowest BCUT2D eigenvalue weighted by Gasteiger charge is -2.36. The van der Waals surface area contributed by atoms with Crippen molar-refractivity contribution in [2.24, 2.45) is 11.1 Å². The number of nitrogens with two attached hydrogens (primary N) is 1. The van der Waals surface area contributed by atoms with Crippen LogP contribution in [-0.4, -0.2) is 29.5 Å². The number of ether oxygens (including phenoxy) is 1. The van der Waals surface area contributed by atoms with Crippen LogP contribution in [0.2, 0.25) is 0 Å². The third kappa shape index (κ3) is 6.24. The minimum absolute atomic E-state index is 0.230. The molecule has 1 amide bonds. The van der Waals surface area contributed by atoms with Crippen molar-refractivity contribution in [3.63, 3.8) is 0 Å². The summed E-state index contributed by atoms with van der Waals surface area (Å²) in [6.07, 6.45) is -0.958. The fraction of sp³-hybridized carbons (Fsp3) is 0.462. The molecule has 1 heterocycles. The van der Waals surface area contributed by atoms with Crippen molar-refractivity contribution in [2.45, 2.75) is 69.5 Å². The summed E-state index contributed by atoms with van der Waals surface area (Å²) in [5.74, 6) is 3.35. The Kier molecular flexibility index (Phi) is 7.87. The fourth-order valence-corrected chi connectivity index (χ4v) is 6.33. The number of hydrogen-bond acceptors (Lipinski definition) is 5. The van der Waals surface area contributed by atoms with E-state index >= 15 is 0 Å². The highest BCUT2D eigenvalue weighted by Crippen LogP contribution is 2.47. The number of rotatable bonds is 6. The summed E-state index contributed by atoms with van der Waals surface area (Å²) < 4.78 is 58.4. The average Bonchev–Trinajstić information content (AvgIpc) is 3.56. The first kappa shape index (κ1) is 28.1. The van der Waals surface area contributed by atoms with Crippen LogP contribution in [0.25, 0.3) is 0 Å². The van der Waals surface area contributed by atoms with Gasteiger partial charge >= 0.3 is 6.09 Å². The standard InChI is InChI=1S/C26H29BrF2N2O4S/c1-25(2,3)21(15-12-16(28)14-17(29)13-15)23(35-24(30)32)22-20(27)9-6-18(31-22)10-11-26(4,5)36(33,34)19-7-8-19/h6,9,12-14,19,21,23H,7-8H2,1-5H3,(H2,30,32). The maximum absolute atomic E-state index is 14.2. The predicted octanol–water partition coefficient (Wildman–Crippen LogP) is 5.80. The van der Waals surface area contributed by atoms with E-state index in [9.17, 15) is 22.0 Å². The van der Waals surface area contributed by atoms with Gasteiger partial charge in [-0.15, -0.1) is 0 Å². The van der Waals surface area contributed by atoms with Crippen LogP contribution in [0, 0.1) is 28.9 Å². The van der Waals surface area contributed by atoms with E-state index in [2.05, 4.69) is 32.8 Å². The van der Waals surface area contributed by atoms with E-state index in [-0.39, 0.29) is 22.2 Å². The molecule has 0 bridgehead atoms. The summed E-state index contributed by atoms with van der Waals surface area (Å²) in [7, 11) is -3.43. The summed E-state index contributed by atoms with van der Waals surface area (Å²) in [6.45, 7) is 8.61. The number of halogens is 3. The minimum Gasteiger partial charge on any atom is -0.439 e. The molecule has 2 N–H and O–H groups in total. The number of carbonyl (C=O) groups is 1. The molecular weight excluding hydrogens is 554 g/mol. The molecule has 36 heavy (non-hydrogen) atoms. The molecule has 3 rings (SSSR count). The maximum atomic E-state index is 14.2. The molecule has 6 nitrogen and oxygen atoms in total. The van der Waals surface area contributed by atoms with Crippen molar-refractivity contribution in [3.05, 3.63) is 63.4 Å². The van der Waals surface area contributed by atoms with Crippen molar-refractivity contribution >= 4 is 31.9 Å². The molecule has 1 aliphatic carbocycles. The monoisotopic (exact) mass is 582 g/mol. The van der Waals surface area contributed by atoms with Crippen LogP contribution in [0.15, 0.2) is 34.8 Å². The van der Waals surface area contributed by atoms with Gasteiger partial charge in [-0.1, -0.05) is 26.7 Å². The number of carbonyl (C=O) groups excluding carboxylic acids is 1. The van der Waals surface area contributed by atoms with Crippen molar-refractivity contribution < 1.29 is 26.7 Å². The van der Waals surface area contributed by atoms with Gasteiger partial charge in [0.2, 0.25) is 0 Å². The van der Waals surface area contributed by atoms with Gasteiger partial charge in [-0.25, -0.2) is 27.0 Å². The molecule has 1 fully saturated rings. The van der Waals surface area contributed by atoms with Crippen LogP contribution in [0.4, 0.5) is 13.6 Å². The molecule has 1 saturated carbocycles. The second-order valence-electron chi connectivity index (χ2n) is 10.5. The smallest absolute Gasteiger partial charge is 0.405 e. The second kappa shape index (κ2) is 10.1. The zero-order valence-electron chi connectivity index (χ0n) is 20.7. The Morgan fingerprint density at radius 3 is 2.22 bits per heavy atom. The summed E-state index contributed by atoms with van der Waals surface area (Å²) in [5.41, 5.74) is 5.45. The van der Waals surface area contributed by atoms with Gasteiger partial charge in [0.25, 0.3) is 0 Å². The topological polar surface area (TPSA) is 99.3 Å². The Hall–Kier alpha value is -2.51. The number of nitrogens with zero attached hydrogens (tertiary/aromatic N) is 1. The number of primary amides is 1. The van der Waals surface area contributed by atoms with Gasteiger partial charge < -0.3 is 10.5 Å². The average molecular weight is 583 g/mol. The molecule has 1 aromatic heterocycles. The molecule has 1 aliphatic rings. The van der Waals surface area contributed by atoms with Crippen molar-refractivity contribution in [2.75, 3.05) is 0 Å². The van der Waals surface area contributed by atoms with Crippen LogP contribution in [-0.2, 0) is 14.6 Å². The SMILES string of the molecule is CC(C)(C)C(c1cc(F)cc(F)c1)C(OC(N)=O)c1nc(C#CC(C)(C)S(=O)(=O)C2CC2)ccc1Br. The summed E-state index contributed by atoms with van der Waals surface area (Å²) in [4.78, 5) is 16.5. The van der Waals surface area contributed by atoms with Gasteiger partial charge in [0.05, 0.1) is 10.9 Å². The number of hydrogen-bond donors (Lipinski definition) is 1. The van der Waals surface area contributed by atoms with Crippen molar-refractivity contribution in [3.8, 4) is 11.8 Å². The minimum atomic E-state index is -3.43. The molecule has 2 aromatic rings. The Balaban J connectivity index is 2.13. The third-order valence-corrected chi connectivity index (χ3v) is 9.58. The Morgan fingerprint density at radius 2 is 1.72 bits per heavy atom. The van der Waals surface area contributed by atoms with Gasteiger partial charge in [0.15, 0.2) is 15.9 Å². The lowest BCUT2D eigenvalue weighted by Crippen LogP contribution is -2.33. The van der Waals surface area contributed by atoms with Crippen LogP contribution in [0.3, 0.4) is 0 Å². The van der Waals surface area contributed by atoms with E-state index in [1.165, 1.54) is 12.1 Å². The molecule has 0 saturated heterocycles. The van der Waals surface area contributed by atoms with Crippen molar-refractivity contribution in [1.82, 2.24) is 4.98 Å². The van der Waals surface area contributed by atoms with E-state index < -0.39 is 49.7 Å². The summed E-state index contributed by atoms with van der Waals surface area (Å²) in [6, 6.07) is 6.35. The molecule has 2 unspecified atom stereocenters. The largest absolute Gasteiger partial charge is 0.439 e. The number of amides is 1. The molecule has 1 aromatic carbocycles. The zero-order valence-corrected chi connectivity index (χ0v) is 23.1. The fourth-order valence-electron chi connectivity index (χ4n) is 4.10. The third-order valence-electron chi connectivity index (χ3n) is 6.03. The van der Waals surface area contributed by atoms with E-state index in [0.29, 0.717) is 17.3 Å². The Morgan fingerprint density at radius 1 is 1.14 bits per heavy atom. The Bertz CT molecular complexity index is 1320. The number of benzene rings is 1. The highest BCUT2D eigenvalue weighted by Gasteiger charge is 2.45. The lowest BCUT2D eigenvalue weighted by molar-refractivity contribution is 0.0546. The zero-order chi connectivity index (χ0) is 27.1. The van der Waals surface area contributed by atoms with Crippen LogP contribution < -0.4 is 5.73 Å². The molecule has 0 spiro atoms. The first-order valence-electron chi connectivity index (χ1n) is 11.4. The van der Waals surface area contributed by atoms with Gasteiger partial charge in [-0.2, -0.15) is 0 Å². The molecular formula is C26H29BrF2N2O4S. The van der Waals surface area contributed by atoms with Crippen LogP contribution in [0.5, 0.6) is 0 Å². The van der Waals surface area contributed by atoms with Gasteiger partial charge in [-0.05, 0) is 83.8 Å². The van der Waals surface area contributed by atoms with E-state index in [1.807, 2.05) is 20.8 Å². The van der Waals surface area contributed by atoms with Crippen LogP contribution in [0.1, 0.15) is 76.4 Å².